The number of halogens is 2. The molecule has 3 aromatic rings. The minimum atomic E-state index is -0.760. The Hall–Kier alpha value is -2.77. The second-order valence-corrected chi connectivity index (χ2v) is 7.53. The molecule has 0 radical (unpaired) electrons. The van der Waals surface area contributed by atoms with Crippen LogP contribution in [-0.4, -0.2) is 23.3 Å². The van der Waals surface area contributed by atoms with Gasteiger partial charge in [-0.15, -0.1) is 11.3 Å². The van der Waals surface area contributed by atoms with E-state index in [1.54, 1.807) is 36.4 Å². The first-order valence-corrected chi connectivity index (χ1v) is 9.69. The zero-order valence-corrected chi connectivity index (χ0v) is 16.5. The molecule has 0 bridgehead atoms. The highest BCUT2D eigenvalue weighted by atomic mass is 35.5. The van der Waals surface area contributed by atoms with E-state index in [0.29, 0.717) is 22.7 Å². The minimum absolute atomic E-state index is 0.285. The van der Waals surface area contributed by atoms with Crippen LogP contribution < -0.4 is 10.6 Å². The monoisotopic (exact) mass is 417 g/mol. The molecule has 0 aliphatic heterocycles. The number of benzene rings is 2. The molecule has 2 N–H and O–H groups in total. The summed E-state index contributed by atoms with van der Waals surface area (Å²) in [6.07, 6.45) is 0.523. The van der Waals surface area contributed by atoms with E-state index in [4.69, 9.17) is 11.6 Å². The molecular formula is C20H17ClFN3O2S. The Morgan fingerprint density at radius 2 is 1.93 bits per heavy atom. The number of aromatic nitrogens is 1. The Morgan fingerprint density at radius 3 is 2.68 bits per heavy atom. The Morgan fingerprint density at radius 1 is 1.14 bits per heavy atom. The highest BCUT2D eigenvalue weighted by Crippen LogP contribution is 2.28. The van der Waals surface area contributed by atoms with Crippen LogP contribution in [0.15, 0.2) is 48.5 Å². The number of rotatable bonds is 5. The second kappa shape index (κ2) is 8.95. The summed E-state index contributed by atoms with van der Waals surface area (Å²) in [6, 6.07) is 12.8. The molecule has 0 fully saturated rings. The van der Waals surface area contributed by atoms with Gasteiger partial charge in [0.1, 0.15) is 10.8 Å². The van der Waals surface area contributed by atoms with E-state index >= 15 is 0 Å². The molecule has 0 aliphatic rings. The maximum Gasteiger partial charge on any atom is 0.313 e. The normalized spacial score (nSPS) is 10.5. The predicted molar refractivity (Wildman–Crippen MR) is 109 cm³/mol. The molecule has 8 heteroatoms. The van der Waals surface area contributed by atoms with E-state index in [0.717, 1.165) is 15.6 Å². The Labute approximate surface area is 170 Å². The number of hydrogen-bond acceptors (Lipinski definition) is 4. The van der Waals surface area contributed by atoms with Crippen molar-refractivity contribution in [3.8, 4) is 10.6 Å². The van der Waals surface area contributed by atoms with Gasteiger partial charge in [-0.3, -0.25) is 9.59 Å². The van der Waals surface area contributed by atoms with E-state index < -0.39 is 11.8 Å². The number of anilines is 1. The smallest absolute Gasteiger partial charge is 0.313 e. The average molecular weight is 418 g/mol. The highest BCUT2D eigenvalue weighted by Gasteiger charge is 2.15. The number of hydrogen-bond donors (Lipinski definition) is 2. The van der Waals surface area contributed by atoms with Crippen LogP contribution in [0.4, 0.5) is 10.1 Å². The van der Waals surface area contributed by atoms with Gasteiger partial charge in [-0.05, 0) is 37.3 Å². The third kappa shape index (κ3) is 5.15. The predicted octanol–water partition coefficient (Wildman–Crippen LogP) is 4.21. The number of carbonyl (C=O) groups is 2. The van der Waals surface area contributed by atoms with Crippen LogP contribution in [0.25, 0.3) is 10.6 Å². The molecule has 0 saturated carbocycles. The fourth-order valence-corrected chi connectivity index (χ4v) is 3.78. The highest BCUT2D eigenvalue weighted by molar-refractivity contribution is 7.15. The van der Waals surface area contributed by atoms with Crippen LogP contribution in [0.2, 0.25) is 5.02 Å². The number of aryl methyl sites for hydroxylation is 1. The lowest BCUT2D eigenvalue weighted by Gasteiger charge is -2.06. The van der Waals surface area contributed by atoms with Crippen LogP contribution in [0.1, 0.15) is 10.6 Å². The van der Waals surface area contributed by atoms with Crippen molar-refractivity contribution in [3.05, 3.63) is 69.9 Å². The van der Waals surface area contributed by atoms with Crippen LogP contribution in [-0.2, 0) is 16.0 Å². The summed E-state index contributed by atoms with van der Waals surface area (Å²) in [6.45, 7) is 2.15. The fourth-order valence-electron chi connectivity index (χ4n) is 2.53. The molecule has 28 heavy (non-hydrogen) atoms. The zero-order valence-electron chi connectivity index (χ0n) is 15.0. The summed E-state index contributed by atoms with van der Waals surface area (Å²) in [5, 5.41) is 6.26. The van der Waals surface area contributed by atoms with Gasteiger partial charge in [0.05, 0.1) is 5.69 Å². The third-order valence-electron chi connectivity index (χ3n) is 3.89. The standard InChI is InChI=1S/C20H17ClFN3O2S/c1-12-17(28-20(24-12)13-4-2-6-15(22)10-13)8-9-23-18(26)19(27)25-16-7-3-5-14(21)11-16/h2-7,10-11H,8-9H2,1H3,(H,23,26)(H,25,27). The van der Waals surface area contributed by atoms with E-state index in [1.165, 1.54) is 23.5 Å². The summed E-state index contributed by atoms with van der Waals surface area (Å²) in [5.41, 5.74) is 1.98. The third-order valence-corrected chi connectivity index (χ3v) is 5.39. The molecule has 0 aliphatic carbocycles. The summed E-state index contributed by atoms with van der Waals surface area (Å²) in [7, 11) is 0. The lowest BCUT2D eigenvalue weighted by Crippen LogP contribution is -2.36. The molecule has 2 amide bonds. The van der Waals surface area contributed by atoms with Crippen LogP contribution >= 0.6 is 22.9 Å². The van der Waals surface area contributed by atoms with Gasteiger partial charge in [-0.2, -0.15) is 0 Å². The lowest BCUT2D eigenvalue weighted by atomic mass is 10.2. The minimum Gasteiger partial charge on any atom is -0.347 e. The maximum absolute atomic E-state index is 13.4. The topological polar surface area (TPSA) is 71.1 Å². The molecule has 1 aromatic heterocycles. The molecule has 0 unspecified atom stereocenters. The Balaban J connectivity index is 1.54. The van der Waals surface area contributed by atoms with Crippen LogP contribution in [0.3, 0.4) is 0 Å². The van der Waals surface area contributed by atoms with Gasteiger partial charge in [0.25, 0.3) is 0 Å². The molecule has 144 valence electrons. The molecule has 0 spiro atoms. The zero-order chi connectivity index (χ0) is 20.1. The van der Waals surface area contributed by atoms with Gasteiger partial charge in [-0.25, -0.2) is 9.37 Å². The molecule has 2 aromatic carbocycles. The molecular weight excluding hydrogens is 401 g/mol. The lowest BCUT2D eigenvalue weighted by molar-refractivity contribution is -0.136. The van der Waals surface area contributed by atoms with Gasteiger partial charge >= 0.3 is 11.8 Å². The first-order chi connectivity index (χ1) is 13.4. The van der Waals surface area contributed by atoms with E-state index in [1.807, 2.05) is 6.92 Å². The first kappa shape index (κ1) is 20.0. The van der Waals surface area contributed by atoms with Crippen molar-refractivity contribution < 1.29 is 14.0 Å². The number of amides is 2. The van der Waals surface area contributed by atoms with Crippen LogP contribution in [0.5, 0.6) is 0 Å². The second-order valence-electron chi connectivity index (χ2n) is 6.01. The van der Waals surface area contributed by atoms with Crippen molar-refractivity contribution >= 4 is 40.4 Å². The largest absolute Gasteiger partial charge is 0.347 e. The van der Waals surface area contributed by atoms with E-state index in [2.05, 4.69) is 15.6 Å². The van der Waals surface area contributed by atoms with Crippen molar-refractivity contribution in [3.63, 3.8) is 0 Å². The summed E-state index contributed by atoms with van der Waals surface area (Å²) in [5.74, 6) is -1.80. The molecule has 5 nitrogen and oxygen atoms in total. The fraction of sp³-hybridized carbons (Fsp3) is 0.150. The Bertz CT molecular complexity index is 1020. The number of thiazole rings is 1. The van der Waals surface area contributed by atoms with Gasteiger partial charge in [0.2, 0.25) is 0 Å². The summed E-state index contributed by atoms with van der Waals surface area (Å²) < 4.78 is 13.4. The van der Waals surface area contributed by atoms with Crippen LogP contribution in [0, 0.1) is 12.7 Å². The van der Waals surface area contributed by atoms with Gasteiger partial charge in [0, 0.05) is 34.1 Å². The molecule has 3 rings (SSSR count). The molecule has 0 atom stereocenters. The molecule has 0 saturated heterocycles. The van der Waals surface area contributed by atoms with E-state index in [-0.39, 0.29) is 12.4 Å². The van der Waals surface area contributed by atoms with Crippen molar-refractivity contribution in [2.45, 2.75) is 13.3 Å². The first-order valence-electron chi connectivity index (χ1n) is 8.49. The van der Waals surface area contributed by atoms with Crippen molar-refractivity contribution in [1.29, 1.82) is 0 Å². The van der Waals surface area contributed by atoms with Crippen molar-refractivity contribution in [2.24, 2.45) is 0 Å². The number of nitrogens with zero attached hydrogens (tertiary/aromatic N) is 1. The SMILES string of the molecule is Cc1nc(-c2cccc(F)c2)sc1CCNC(=O)C(=O)Nc1cccc(Cl)c1. The van der Waals surface area contributed by atoms with Gasteiger partial charge in [0.15, 0.2) is 0 Å². The Kier molecular flexibility index (Phi) is 6.38. The quantitative estimate of drug-likeness (QED) is 0.611. The molecule has 1 heterocycles. The van der Waals surface area contributed by atoms with E-state index in [9.17, 15) is 14.0 Å². The van der Waals surface area contributed by atoms with Crippen molar-refractivity contribution in [2.75, 3.05) is 11.9 Å². The van der Waals surface area contributed by atoms with Crippen molar-refractivity contribution in [1.82, 2.24) is 10.3 Å². The number of nitrogens with one attached hydrogen (secondary N) is 2. The summed E-state index contributed by atoms with van der Waals surface area (Å²) >= 11 is 7.29. The number of carbonyl (C=O) groups excluding carboxylic acids is 2. The maximum atomic E-state index is 13.4. The van der Waals surface area contributed by atoms with Gasteiger partial charge in [-0.1, -0.05) is 29.8 Å². The van der Waals surface area contributed by atoms with Gasteiger partial charge < -0.3 is 10.6 Å². The average Bonchev–Trinajstić information content (AvgIpc) is 3.02. The summed E-state index contributed by atoms with van der Waals surface area (Å²) in [4.78, 5) is 29.3.